The Hall–Kier alpha value is -1.88. The van der Waals surface area contributed by atoms with Gasteiger partial charge in [-0.2, -0.15) is 13.2 Å². The van der Waals surface area contributed by atoms with E-state index in [0.717, 1.165) is 6.07 Å². The summed E-state index contributed by atoms with van der Waals surface area (Å²) in [7, 11) is 0. The van der Waals surface area contributed by atoms with Crippen LogP contribution in [0, 0.1) is 0 Å². The van der Waals surface area contributed by atoms with Crippen LogP contribution in [0.25, 0.3) is 11.3 Å². The van der Waals surface area contributed by atoms with Crippen molar-refractivity contribution in [3.63, 3.8) is 0 Å². The minimum atomic E-state index is -4.45. The summed E-state index contributed by atoms with van der Waals surface area (Å²) in [4.78, 5) is 3.68. The maximum Gasteiger partial charge on any atom is 0.433 e. The molecular formula is C13H11F3N2. The number of benzene rings is 1. The van der Waals surface area contributed by atoms with E-state index in [9.17, 15) is 13.2 Å². The molecule has 0 atom stereocenters. The maximum absolute atomic E-state index is 12.6. The fourth-order valence-corrected chi connectivity index (χ4v) is 1.66. The summed E-state index contributed by atoms with van der Waals surface area (Å²) >= 11 is 0. The average Bonchev–Trinajstić information content (AvgIpc) is 2.38. The normalized spacial score (nSPS) is 11.6. The smallest absolute Gasteiger partial charge is 0.326 e. The van der Waals surface area contributed by atoms with Crippen molar-refractivity contribution in [1.29, 1.82) is 0 Å². The molecule has 0 saturated carbocycles. The molecule has 18 heavy (non-hydrogen) atoms. The van der Waals surface area contributed by atoms with Crippen LogP contribution in [0.3, 0.4) is 0 Å². The van der Waals surface area contributed by atoms with E-state index in [1.165, 1.54) is 6.07 Å². The Bertz CT molecular complexity index is 536. The number of halogens is 3. The molecule has 1 aromatic carbocycles. The largest absolute Gasteiger partial charge is 0.433 e. The monoisotopic (exact) mass is 252 g/mol. The van der Waals surface area contributed by atoms with Gasteiger partial charge in [-0.3, -0.25) is 0 Å². The van der Waals surface area contributed by atoms with Gasteiger partial charge in [-0.1, -0.05) is 36.4 Å². The van der Waals surface area contributed by atoms with Crippen LogP contribution >= 0.6 is 0 Å². The minimum Gasteiger partial charge on any atom is -0.326 e. The third-order valence-electron chi connectivity index (χ3n) is 2.54. The van der Waals surface area contributed by atoms with Gasteiger partial charge in [0, 0.05) is 12.1 Å². The Balaban J connectivity index is 2.57. The lowest BCUT2D eigenvalue weighted by Gasteiger charge is -2.11. The molecule has 2 aromatic rings. The van der Waals surface area contributed by atoms with Crippen LogP contribution in [0.5, 0.6) is 0 Å². The summed E-state index contributed by atoms with van der Waals surface area (Å²) in [5.41, 5.74) is 6.13. The first kappa shape index (κ1) is 12.6. The highest BCUT2D eigenvalue weighted by Gasteiger charge is 2.33. The van der Waals surface area contributed by atoms with E-state index in [-0.39, 0.29) is 12.2 Å². The van der Waals surface area contributed by atoms with Crippen LogP contribution in [0.15, 0.2) is 42.5 Å². The summed E-state index contributed by atoms with van der Waals surface area (Å²) in [5, 5.41) is 0. The van der Waals surface area contributed by atoms with Crippen LogP contribution in [0.4, 0.5) is 13.2 Å². The lowest BCUT2D eigenvalue weighted by Crippen LogP contribution is -2.10. The zero-order chi connectivity index (χ0) is 13.2. The summed E-state index contributed by atoms with van der Waals surface area (Å²) < 4.78 is 37.9. The Morgan fingerprint density at radius 2 is 1.67 bits per heavy atom. The van der Waals surface area contributed by atoms with Crippen molar-refractivity contribution >= 4 is 0 Å². The predicted molar refractivity (Wildman–Crippen MR) is 62.6 cm³/mol. The van der Waals surface area contributed by atoms with Crippen molar-refractivity contribution in [3.05, 3.63) is 53.7 Å². The Morgan fingerprint density at radius 1 is 1.00 bits per heavy atom. The van der Waals surface area contributed by atoms with Gasteiger partial charge in [0.25, 0.3) is 0 Å². The molecule has 1 heterocycles. The third kappa shape index (κ3) is 2.51. The zero-order valence-electron chi connectivity index (χ0n) is 9.41. The van der Waals surface area contributed by atoms with Gasteiger partial charge in [-0.25, -0.2) is 4.98 Å². The summed E-state index contributed by atoms with van der Waals surface area (Å²) in [6, 6.07) is 11.0. The predicted octanol–water partition coefficient (Wildman–Crippen LogP) is 3.23. The molecule has 0 spiro atoms. The number of hydrogen-bond donors (Lipinski definition) is 1. The van der Waals surface area contributed by atoms with E-state index >= 15 is 0 Å². The van der Waals surface area contributed by atoms with Gasteiger partial charge in [0.05, 0.1) is 5.69 Å². The second-order valence-corrected chi connectivity index (χ2v) is 3.77. The Kier molecular flexibility index (Phi) is 3.34. The summed E-state index contributed by atoms with van der Waals surface area (Å²) in [5.74, 6) is 0. The lowest BCUT2D eigenvalue weighted by atomic mass is 10.1. The van der Waals surface area contributed by atoms with Crippen LogP contribution in [-0.2, 0) is 12.7 Å². The van der Waals surface area contributed by atoms with Gasteiger partial charge >= 0.3 is 6.18 Å². The fourth-order valence-electron chi connectivity index (χ4n) is 1.66. The van der Waals surface area contributed by atoms with E-state index in [0.29, 0.717) is 11.1 Å². The van der Waals surface area contributed by atoms with E-state index in [4.69, 9.17) is 5.73 Å². The first-order valence-corrected chi connectivity index (χ1v) is 5.35. The number of nitrogens with zero attached hydrogens (tertiary/aromatic N) is 1. The van der Waals surface area contributed by atoms with Gasteiger partial charge in [0.1, 0.15) is 5.69 Å². The highest BCUT2D eigenvalue weighted by molar-refractivity contribution is 5.63. The SMILES string of the molecule is NCc1ccc(C(F)(F)F)nc1-c1ccccc1. The molecule has 0 aliphatic rings. The molecule has 0 saturated heterocycles. The van der Waals surface area contributed by atoms with E-state index in [1.54, 1.807) is 30.3 Å². The molecule has 0 unspecified atom stereocenters. The third-order valence-corrected chi connectivity index (χ3v) is 2.54. The second kappa shape index (κ2) is 4.78. The summed E-state index contributed by atoms with van der Waals surface area (Å²) in [6.07, 6.45) is -4.45. The van der Waals surface area contributed by atoms with Gasteiger partial charge in [-0.15, -0.1) is 0 Å². The molecule has 5 heteroatoms. The molecule has 0 amide bonds. The van der Waals surface area contributed by atoms with E-state index < -0.39 is 11.9 Å². The molecule has 2 nitrogen and oxygen atoms in total. The molecular weight excluding hydrogens is 241 g/mol. The van der Waals surface area contributed by atoms with E-state index in [2.05, 4.69) is 4.98 Å². The summed E-state index contributed by atoms with van der Waals surface area (Å²) in [6.45, 7) is 0.148. The molecule has 0 aliphatic carbocycles. The molecule has 0 radical (unpaired) electrons. The van der Waals surface area contributed by atoms with Crippen LogP contribution in [-0.4, -0.2) is 4.98 Å². The minimum absolute atomic E-state index is 0.148. The molecule has 1 aromatic heterocycles. The second-order valence-electron chi connectivity index (χ2n) is 3.77. The molecule has 2 rings (SSSR count). The molecule has 94 valence electrons. The standard InChI is InChI=1S/C13H11F3N2/c14-13(15,16)11-7-6-10(8-17)12(18-11)9-4-2-1-3-5-9/h1-7H,8,17H2. The average molecular weight is 252 g/mol. The number of hydrogen-bond acceptors (Lipinski definition) is 2. The number of aromatic nitrogens is 1. The van der Waals surface area contributed by atoms with Crippen molar-refractivity contribution in [2.75, 3.05) is 0 Å². The highest BCUT2D eigenvalue weighted by atomic mass is 19.4. The van der Waals surface area contributed by atoms with Crippen molar-refractivity contribution in [3.8, 4) is 11.3 Å². The first-order chi connectivity index (χ1) is 8.52. The first-order valence-electron chi connectivity index (χ1n) is 5.35. The van der Waals surface area contributed by atoms with Crippen LogP contribution in [0.2, 0.25) is 0 Å². The quantitative estimate of drug-likeness (QED) is 0.891. The lowest BCUT2D eigenvalue weighted by molar-refractivity contribution is -0.141. The van der Waals surface area contributed by atoms with Crippen molar-refractivity contribution in [1.82, 2.24) is 4.98 Å². The van der Waals surface area contributed by atoms with Gasteiger partial charge in [0.2, 0.25) is 0 Å². The Labute approximate surface area is 102 Å². The van der Waals surface area contributed by atoms with E-state index in [1.807, 2.05) is 0 Å². The van der Waals surface area contributed by atoms with Crippen LogP contribution in [0.1, 0.15) is 11.3 Å². The van der Waals surface area contributed by atoms with Gasteiger partial charge in [-0.05, 0) is 11.6 Å². The fraction of sp³-hybridized carbons (Fsp3) is 0.154. The number of alkyl halides is 3. The zero-order valence-corrected chi connectivity index (χ0v) is 9.41. The number of nitrogens with two attached hydrogens (primary N) is 1. The molecule has 0 bridgehead atoms. The van der Waals surface area contributed by atoms with Crippen LogP contribution < -0.4 is 5.73 Å². The van der Waals surface area contributed by atoms with Crippen molar-refractivity contribution in [2.24, 2.45) is 5.73 Å². The topological polar surface area (TPSA) is 38.9 Å². The highest BCUT2D eigenvalue weighted by Crippen LogP contribution is 2.30. The van der Waals surface area contributed by atoms with Gasteiger partial charge in [0.15, 0.2) is 0 Å². The number of pyridine rings is 1. The molecule has 0 aliphatic heterocycles. The van der Waals surface area contributed by atoms with Crippen molar-refractivity contribution in [2.45, 2.75) is 12.7 Å². The molecule has 0 fully saturated rings. The Morgan fingerprint density at radius 3 is 2.22 bits per heavy atom. The van der Waals surface area contributed by atoms with Crippen molar-refractivity contribution < 1.29 is 13.2 Å². The molecule has 2 N–H and O–H groups in total. The van der Waals surface area contributed by atoms with Gasteiger partial charge < -0.3 is 5.73 Å². The number of rotatable bonds is 2. The maximum atomic E-state index is 12.6.